The van der Waals surface area contributed by atoms with Gasteiger partial charge in [-0.3, -0.25) is 4.48 Å². The standard InChI is InChI=1S/C25H51NO2P/c1-6-8-9-10-11-12-13-14-15-16-17-18-19-20-21-22-23-24-25(7-2,29(27)28)26(3,4)5/h15-16H,6-14,17-24H2,1-5H3/q+1. The van der Waals surface area contributed by atoms with Crippen LogP contribution < -0.4 is 4.89 Å². The highest BCUT2D eigenvalue weighted by atomic mass is 31.1. The predicted molar refractivity (Wildman–Crippen MR) is 127 cm³/mol. The van der Waals surface area contributed by atoms with Gasteiger partial charge in [0.15, 0.2) is 0 Å². The van der Waals surface area contributed by atoms with E-state index in [1.807, 2.05) is 28.1 Å². The summed E-state index contributed by atoms with van der Waals surface area (Å²) in [7, 11) is 3.61. The van der Waals surface area contributed by atoms with Crippen molar-refractivity contribution in [1.82, 2.24) is 0 Å². The molecule has 0 aliphatic carbocycles. The summed E-state index contributed by atoms with van der Waals surface area (Å²) in [6, 6.07) is 0. The van der Waals surface area contributed by atoms with Crippen molar-refractivity contribution in [2.45, 2.75) is 128 Å². The van der Waals surface area contributed by atoms with Crippen LogP contribution in [0.5, 0.6) is 0 Å². The molecule has 2 unspecified atom stereocenters. The lowest BCUT2D eigenvalue weighted by atomic mass is 10.0. The van der Waals surface area contributed by atoms with Crippen molar-refractivity contribution in [2.24, 2.45) is 0 Å². The molecule has 0 heterocycles. The summed E-state index contributed by atoms with van der Waals surface area (Å²) >= 11 is 0. The van der Waals surface area contributed by atoms with E-state index in [2.05, 4.69) is 19.1 Å². The maximum absolute atomic E-state index is 11.9. The zero-order valence-electron chi connectivity index (χ0n) is 20.4. The van der Waals surface area contributed by atoms with Gasteiger partial charge in [0.2, 0.25) is 0 Å². The molecule has 0 aliphatic heterocycles. The molecular weight excluding hydrogens is 377 g/mol. The van der Waals surface area contributed by atoms with Gasteiger partial charge in [-0.15, -0.1) is 0 Å². The zero-order valence-corrected chi connectivity index (χ0v) is 21.3. The molecule has 0 aliphatic rings. The number of hydrogen-bond donors (Lipinski definition) is 0. The smallest absolute Gasteiger partial charge is 0.376 e. The van der Waals surface area contributed by atoms with Crippen molar-refractivity contribution < 1.29 is 13.9 Å². The number of allylic oxidation sites excluding steroid dienone is 2. The highest BCUT2D eigenvalue weighted by Gasteiger charge is 2.52. The second-order valence-corrected chi connectivity index (χ2v) is 11.0. The Hall–Kier alpha value is -0.240. The number of rotatable bonds is 20. The topological polar surface area (TPSA) is 40.1 Å². The Morgan fingerprint density at radius 1 is 0.724 bits per heavy atom. The van der Waals surface area contributed by atoms with Gasteiger partial charge in [0.25, 0.3) is 5.28 Å². The van der Waals surface area contributed by atoms with Crippen molar-refractivity contribution in [2.75, 3.05) is 21.1 Å². The van der Waals surface area contributed by atoms with Gasteiger partial charge in [-0.1, -0.05) is 94.8 Å². The van der Waals surface area contributed by atoms with Crippen LogP contribution in [0.25, 0.3) is 0 Å². The van der Waals surface area contributed by atoms with E-state index in [1.54, 1.807) is 0 Å². The highest BCUT2D eigenvalue weighted by molar-refractivity contribution is 7.38. The van der Waals surface area contributed by atoms with Crippen LogP contribution in [0.1, 0.15) is 123 Å². The predicted octanol–water partition coefficient (Wildman–Crippen LogP) is 7.72. The summed E-state index contributed by atoms with van der Waals surface area (Å²) in [4.78, 5) is 11.9. The van der Waals surface area contributed by atoms with E-state index < -0.39 is 13.3 Å². The van der Waals surface area contributed by atoms with Gasteiger partial charge < -0.3 is 4.89 Å². The van der Waals surface area contributed by atoms with Gasteiger partial charge in [-0.2, -0.15) is 0 Å². The van der Waals surface area contributed by atoms with Crippen LogP contribution in [0.2, 0.25) is 0 Å². The largest absolute Gasteiger partial charge is 0.590 e. The summed E-state index contributed by atoms with van der Waals surface area (Å²) in [5, 5.41) is -0.602. The van der Waals surface area contributed by atoms with E-state index in [1.165, 1.54) is 83.5 Å². The van der Waals surface area contributed by atoms with E-state index in [-0.39, 0.29) is 0 Å². The first-order chi connectivity index (χ1) is 13.8. The molecule has 0 radical (unpaired) electrons. The second-order valence-electron chi connectivity index (χ2n) is 9.65. The number of unbranched alkanes of at least 4 members (excludes halogenated alkanes) is 13. The van der Waals surface area contributed by atoms with Gasteiger partial charge in [0.1, 0.15) is 0 Å². The molecule has 0 amide bonds. The fourth-order valence-corrected chi connectivity index (χ4v) is 5.37. The van der Waals surface area contributed by atoms with E-state index >= 15 is 0 Å². The Kier molecular flexibility index (Phi) is 17.3. The quantitative estimate of drug-likeness (QED) is 0.0861. The Balaban J connectivity index is 3.63. The molecule has 172 valence electrons. The van der Waals surface area contributed by atoms with E-state index in [9.17, 15) is 9.46 Å². The van der Waals surface area contributed by atoms with Crippen LogP contribution in [-0.4, -0.2) is 30.9 Å². The summed E-state index contributed by atoms with van der Waals surface area (Å²) in [6.45, 7) is 4.28. The third-order valence-electron chi connectivity index (χ3n) is 6.49. The Bertz CT molecular complexity index is 431. The third kappa shape index (κ3) is 12.9. The zero-order chi connectivity index (χ0) is 22.0. The average molecular weight is 429 g/mol. The van der Waals surface area contributed by atoms with Gasteiger partial charge in [0, 0.05) is 12.8 Å². The lowest BCUT2D eigenvalue weighted by Crippen LogP contribution is -2.55. The summed E-state index contributed by atoms with van der Waals surface area (Å²) in [6.07, 6.45) is 25.7. The summed E-state index contributed by atoms with van der Waals surface area (Å²) < 4.78 is 12.4. The molecule has 29 heavy (non-hydrogen) atoms. The van der Waals surface area contributed by atoms with E-state index in [0.717, 1.165) is 19.3 Å². The first-order valence-electron chi connectivity index (χ1n) is 12.4. The molecule has 0 aromatic heterocycles. The Morgan fingerprint density at radius 2 is 1.14 bits per heavy atom. The molecular formula is C25H51NO2P+. The molecule has 0 rings (SSSR count). The number of quaternary nitrogens is 1. The molecule has 0 aromatic carbocycles. The van der Waals surface area contributed by atoms with Crippen molar-refractivity contribution >= 4 is 8.03 Å². The van der Waals surface area contributed by atoms with Crippen molar-refractivity contribution in [3.8, 4) is 0 Å². The van der Waals surface area contributed by atoms with Crippen LogP contribution >= 0.6 is 8.03 Å². The van der Waals surface area contributed by atoms with E-state index in [0.29, 0.717) is 10.9 Å². The maximum atomic E-state index is 11.9. The van der Waals surface area contributed by atoms with Crippen LogP contribution in [0.3, 0.4) is 0 Å². The third-order valence-corrected chi connectivity index (χ3v) is 8.31. The van der Waals surface area contributed by atoms with Crippen LogP contribution in [-0.2, 0) is 4.57 Å². The minimum absolute atomic E-state index is 0.507. The van der Waals surface area contributed by atoms with Crippen molar-refractivity contribution in [3.05, 3.63) is 12.2 Å². The van der Waals surface area contributed by atoms with Crippen molar-refractivity contribution in [1.29, 1.82) is 0 Å². The lowest BCUT2D eigenvalue weighted by molar-refractivity contribution is -0.910. The summed E-state index contributed by atoms with van der Waals surface area (Å²) in [5.41, 5.74) is 0. The maximum Gasteiger partial charge on any atom is 0.376 e. The molecule has 0 saturated carbocycles. The molecule has 0 spiro atoms. The summed E-state index contributed by atoms with van der Waals surface area (Å²) in [5.74, 6) is 0. The molecule has 0 N–H and O–H groups in total. The highest BCUT2D eigenvalue weighted by Crippen LogP contribution is 2.44. The lowest BCUT2D eigenvalue weighted by Gasteiger charge is -2.39. The second kappa shape index (κ2) is 17.4. The average Bonchev–Trinajstić information content (AvgIpc) is 2.66. The molecule has 4 heteroatoms. The molecule has 0 bridgehead atoms. The fraction of sp³-hybridized carbons (Fsp3) is 0.920. The fourth-order valence-electron chi connectivity index (χ4n) is 4.28. The number of nitrogens with zero attached hydrogens (tertiary/aromatic N) is 1. The van der Waals surface area contributed by atoms with Gasteiger partial charge >= 0.3 is 8.03 Å². The number of hydrogen-bond acceptors (Lipinski definition) is 2. The molecule has 3 nitrogen and oxygen atoms in total. The Morgan fingerprint density at radius 3 is 1.52 bits per heavy atom. The minimum atomic E-state index is -2.42. The first-order valence-corrected chi connectivity index (χ1v) is 13.6. The minimum Gasteiger partial charge on any atom is -0.590 e. The van der Waals surface area contributed by atoms with Gasteiger partial charge in [-0.25, -0.2) is 0 Å². The van der Waals surface area contributed by atoms with Crippen LogP contribution in [0.4, 0.5) is 0 Å². The van der Waals surface area contributed by atoms with Gasteiger partial charge in [0.05, 0.1) is 21.1 Å². The molecule has 0 fully saturated rings. The monoisotopic (exact) mass is 428 g/mol. The van der Waals surface area contributed by atoms with Gasteiger partial charge in [-0.05, 0) is 32.1 Å². The van der Waals surface area contributed by atoms with E-state index in [4.69, 9.17) is 0 Å². The molecule has 0 saturated heterocycles. The molecule has 2 atom stereocenters. The molecule has 0 aromatic rings. The van der Waals surface area contributed by atoms with Crippen LogP contribution in [0.15, 0.2) is 12.2 Å². The first kappa shape index (κ1) is 28.8. The SMILES string of the molecule is CCCCCCCCCC=CCCCCCCCCC(CC)([P+](=O)[O-])[N+](C)(C)C. The van der Waals surface area contributed by atoms with Crippen molar-refractivity contribution in [3.63, 3.8) is 0 Å². The normalized spacial score (nSPS) is 15.0. The van der Waals surface area contributed by atoms with Crippen LogP contribution in [0, 0.1) is 0 Å². The Labute approximate surface area is 183 Å².